The number of rotatable bonds is 6. The maximum Gasteiger partial charge on any atom is 0.0619 e. The van der Waals surface area contributed by atoms with Crippen LogP contribution < -0.4 is 5.32 Å². The van der Waals surface area contributed by atoms with E-state index in [-0.39, 0.29) is 0 Å². The van der Waals surface area contributed by atoms with Crippen molar-refractivity contribution in [1.29, 1.82) is 0 Å². The van der Waals surface area contributed by atoms with Gasteiger partial charge >= 0.3 is 0 Å². The van der Waals surface area contributed by atoms with Crippen molar-refractivity contribution in [2.45, 2.75) is 19.4 Å². The minimum Gasteiger partial charge on any atom is -0.383 e. The van der Waals surface area contributed by atoms with Gasteiger partial charge in [0.05, 0.1) is 6.61 Å². The molecule has 0 amide bonds. The average molecular weight is 193 g/mol. The summed E-state index contributed by atoms with van der Waals surface area (Å²) in [6, 6.07) is 10.9. The number of hydrogen-bond acceptors (Lipinski definition) is 2. The van der Waals surface area contributed by atoms with E-state index in [9.17, 15) is 0 Å². The van der Waals surface area contributed by atoms with Crippen LogP contribution in [0.5, 0.6) is 0 Å². The highest BCUT2D eigenvalue weighted by molar-refractivity contribution is 5.15. The van der Waals surface area contributed by atoms with Crippen molar-refractivity contribution >= 4 is 0 Å². The monoisotopic (exact) mass is 193 g/mol. The first-order chi connectivity index (χ1) is 6.86. The minimum atomic E-state index is 0.424. The van der Waals surface area contributed by atoms with Crippen LogP contribution in [0.1, 0.15) is 12.5 Å². The Balaban J connectivity index is 2.46. The second kappa shape index (κ2) is 6.57. The second-order valence-corrected chi connectivity index (χ2v) is 3.40. The van der Waals surface area contributed by atoms with Crippen molar-refractivity contribution in [3.63, 3.8) is 0 Å². The lowest BCUT2D eigenvalue weighted by Gasteiger charge is -2.16. The van der Waals surface area contributed by atoms with E-state index >= 15 is 0 Å². The largest absolute Gasteiger partial charge is 0.383 e. The Morgan fingerprint density at radius 1 is 1.29 bits per heavy atom. The van der Waals surface area contributed by atoms with Crippen molar-refractivity contribution in [2.75, 3.05) is 20.3 Å². The van der Waals surface area contributed by atoms with Crippen LogP contribution in [0.25, 0.3) is 0 Å². The van der Waals surface area contributed by atoms with Crippen molar-refractivity contribution in [3.8, 4) is 0 Å². The van der Waals surface area contributed by atoms with E-state index in [1.54, 1.807) is 7.11 Å². The lowest BCUT2D eigenvalue weighted by Crippen LogP contribution is -2.34. The van der Waals surface area contributed by atoms with E-state index in [0.717, 1.165) is 19.6 Å². The van der Waals surface area contributed by atoms with Crippen molar-refractivity contribution in [2.24, 2.45) is 0 Å². The van der Waals surface area contributed by atoms with Gasteiger partial charge in [-0.3, -0.25) is 0 Å². The Morgan fingerprint density at radius 3 is 2.57 bits per heavy atom. The van der Waals surface area contributed by atoms with Gasteiger partial charge in [-0.2, -0.15) is 0 Å². The third-order valence-electron chi connectivity index (χ3n) is 2.19. The lowest BCUT2D eigenvalue weighted by atomic mass is 10.1. The predicted molar refractivity (Wildman–Crippen MR) is 59.5 cm³/mol. The Kier molecular flexibility index (Phi) is 5.27. The predicted octanol–water partition coefficient (Wildman–Crippen LogP) is 1.85. The van der Waals surface area contributed by atoms with Gasteiger partial charge in [-0.1, -0.05) is 37.3 Å². The molecule has 0 heterocycles. The summed E-state index contributed by atoms with van der Waals surface area (Å²) < 4.78 is 5.17. The van der Waals surface area contributed by atoms with Crippen LogP contribution in [-0.2, 0) is 11.2 Å². The van der Waals surface area contributed by atoms with Gasteiger partial charge in [0.15, 0.2) is 0 Å². The average Bonchev–Trinajstić information content (AvgIpc) is 2.20. The van der Waals surface area contributed by atoms with E-state index in [2.05, 4.69) is 36.5 Å². The third kappa shape index (κ3) is 3.90. The number of hydrogen-bond donors (Lipinski definition) is 1. The van der Waals surface area contributed by atoms with E-state index in [1.165, 1.54) is 5.56 Å². The first-order valence-corrected chi connectivity index (χ1v) is 5.13. The summed E-state index contributed by atoms with van der Waals surface area (Å²) in [6.45, 7) is 3.87. The fraction of sp³-hybridized carbons (Fsp3) is 0.500. The zero-order chi connectivity index (χ0) is 10.2. The first-order valence-electron chi connectivity index (χ1n) is 5.13. The van der Waals surface area contributed by atoms with E-state index in [4.69, 9.17) is 4.74 Å². The molecular weight excluding hydrogens is 174 g/mol. The van der Waals surface area contributed by atoms with E-state index < -0.39 is 0 Å². The van der Waals surface area contributed by atoms with E-state index in [1.807, 2.05) is 6.07 Å². The smallest absolute Gasteiger partial charge is 0.0619 e. The van der Waals surface area contributed by atoms with Crippen LogP contribution in [0, 0.1) is 0 Å². The molecule has 0 fully saturated rings. The summed E-state index contributed by atoms with van der Waals surface area (Å²) in [6.07, 6.45) is 1.03. The molecule has 1 aromatic carbocycles. The molecule has 1 unspecified atom stereocenters. The molecule has 1 atom stereocenters. The SMILES string of the molecule is CCNC(COC)Cc1ccccc1. The van der Waals surface area contributed by atoms with Crippen LogP contribution in [0.3, 0.4) is 0 Å². The highest BCUT2D eigenvalue weighted by atomic mass is 16.5. The summed E-state index contributed by atoms with van der Waals surface area (Å²) >= 11 is 0. The van der Waals surface area contributed by atoms with Crippen LogP contribution in [0.2, 0.25) is 0 Å². The molecule has 0 saturated heterocycles. The van der Waals surface area contributed by atoms with Gasteiger partial charge in [0.1, 0.15) is 0 Å². The van der Waals surface area contributed by atoms with Gasteiger partial charge in [0, 0.05) is 13.2 Å². The molecule has 78 valence electrons. The summed E-state index contributed by atoms with van der Waals surface area (Å²) in [5.41, 5.74) is 1.36. The first kappa shape index (κ1) is 11.2. The lowest BCUT2D eigenvalue weighted by molar-refractivity contribution is 0.167. The molecule has 0 bridgehead atoms. The number of nitrogens with one attached hydrogen (secondary N) is 1. The molecule has 1 N–H and O–H groups in total. The minimum absolute atomic E-state index is 0.424. The number of methoxy groups -OCH3 is 1. The molecule has 0 spiro atoms. The Hall–Kier alpha value is -0.860. The molecule has 0 saturated carbocycles. The second-order valence-electron chi connectivity index (χ2n) is 3.40. The topological polar surface area (TPSA) is 21.3 Å². The van der Waals surface area contributed by atoms with Gasteiger partial charge in [0.25, 0.3) is 0 Å². The van der Waals surface area contributed by atoms with Crippen LogP contribution in [0.4, 0.5) is 0 Å². The molecule has 0 aliphatic heterocycles. The summed E-state index contributed by atoms with van der Waals surface area (Å²) in [7, 11) is 1.75. The molecule has 0 aliphatic rings. The molecule has 14 heavy (non-hydrogen) atoms. The number of ether oxygens (including phenoxy) is 1. The van der Waals surface area contributed by atoms with Gasteiger partial charge in [-0.15, -0.1) is 0 Å². The van der Waals surface area contributed by atoms with Gasteiger partial charge < -0.3 is 10.1 Å². The summed E-state index contributed by atoms with van der Waals surface area (Å²) in [5.74, 6) is 0. The van der Waals surface area contributed by atoms with Gasteiger partial charge in [0.2, 0.25) is 0 Å². The highest BCUT2D eigenvalue weighted by Gasteiger charge is 2.06. The molecular formula is C12H19NO. The molecule has 2 nitrogen and oxygen atoms in total. The normalized spacial score (nSPS) is 12.7. The maximum atomic E-state index is 5.17. The van der Waals surface area contributed by atoms with Crippen molar-refractivity contribution in [1.82, 2.24) is 5.32 Å². The third-order valence-corrected chi connectivity index (χ3v) is 2.19. The number of likely N-dealkylation sites (N-methyl/N-ethyl adjacent to an activating group) is 1. The van der Waals surface area contributed by atoms with Crippen LogP contribution in [0.15, 0.2) is 30.3 Å². The zero-order valence-corrected chi connectivity index (χ0v) is 8.99. The van der Waals surface area contributed by atoms with Crippen LogP contribution >= 0.6 is 0 Å². The fourth-order valence-electron chi connectivity index (χ4n) is 1.58. The van der Waals surface area contributed by atoms with Gasteiger partial charge in [-0.25, -0.2) is 0 Å². The summed E-state index contributed by atoms with van der Waals surface area (Å²) in [4.78, 5) is 0. The molecule has 1 aromatic rings. The molecule has 1 rings (SSSR count). The van der Waals surface area contributed by atoms with Crippen molar-refractivity contribution in [3.05, 3.63) is 35.9 Å². The van der Waals surface area contributed by atoms with E-state index in [0.29, 0.717) is 6.04 Å². The molecule has 0 radical (unpaired) electrons. The summed E-state index contributed by atoms with van der Waals surface area (Å²) in [5, 5.41) is 3.41. The van der Waals surface area contributed by atoms with Crippen molar-refractivity contribution < 1.29 is 4.74 Å². The Bertz CT molecular complexity index is 229. The fourth-order valence-corrected chi connectivity index (χ4v) is 1.58. The van der Waals surface area contributed by atoms with Crippen LogP contribution in [-0.4, -0.2) is 26.3 Å². The number of benzene rings is 1. The molecule has 2 heteroatoms. The zero-order valence-electron chi connectivity index (χ0n) is 8.99. The quantitative estimate of drug-likeness (QED) is 0.744. The standard InChI is InChI=1S/C12H19NO/c1-3-13-12(10-14-2)9-11-7-5-4-6-8-11/h4-8,12-13H,3,9-10H2,1-2H3. The van der Waals surface area contributed by atoms with Gasteiger partial charge in [-0.05, 0) is 18.5 Å². The molecule has 0 aromatic heterocycles. The highest BCUT2D eigenvalue weighted by Crippen LogP contribution is 2.03. The Morgan fingerprint density at radius 2 is 2.00 bits per heavy atom. The Labute approximate surface area is 86.3 Å². The molecule has 0 aliphatic carbocycles. The maximum absolute atomic E-state index is 5.17.